The summed E-state index contributed by atoms with van der Waals surface area (Å²) in [6, 6.07) is 0. The molecule has 0 unspecified atom stereocenters. The predicted molar refractivity (Wildman–Crippen MR) is 67.4 cm³/mol. The highest BCUT2D eigenvalue weighted by molar-refractivity contribution is 5.66. The summed E-state index contributed by atoms with van der Waals surface area (Å²) < 4.78 is 4.84. The summed E-state index contributed by atoms with van der Waals surface area (Å²) in [7, 11) is 0. The van der Waals surface area contributed by atoms with E-state index < -0.39 is 0 Å². The molecule has 0 aliphatic heterocycles. The van der Waals surface area contributed by atoms with Crippen LogP contribution in [0, 0.1) is 0 Å². The lowest BCUT2D eigenvalue weighted by Gasteiger charge is -2.04. The van der Waals surface area contributed by atoms with E-state index in [4.69, 9.17) is 4.74 Å². The van der Waals surface area contributed by atoms with Gasteiger partial charge < -0.3 is 10.1 Å². The average Bonchev–Trinajstić information content (AvgIpc) is 2.22. The summed E-state index contributed by atoms with van der Waals surface area (Å²) in [6.45, 7) is 8.30. The Morgan fingerprint density at radius 3 is 2.56 bits per heavy atom. The molecule has 94 valence electrons. The van der Waals surface area contributed by atoms with Crippen LogP contribution in [-0.2, 0) is 9.53 Å². The van der Waals surface area contributed by atoms with Crippen molar-refractivity contribution in [2.45, 2.75) is 46.5 Å². The zero-order valence-electron chi connectivity index (χ0n) is 10.8. The van der Waals surface area contributed by atoms with E-state index >= 15 is 0 Å². The number of carbonyl (C=O) groups excluding carboxylic acids is 1. The van der Waals surface area contributed by atoms with E-state index in [1.165, 1.54) is 25.3 Å². The molecule has 1 N–H and O–H groups in total. The molecular weight excluding hydrogens is 202 g/mol. The summed E-state index contributed by atoms with van der Waals surface area (Å²) in [5, 5.41) is 3.40. The molecular formula is C13H25NO2. The van der Waals surface area contributed by atoms with Crippen molar-refractivity contribution in [2.75, 3.05) is 19.7 Å². The molecule has 0 bridgehead atoms. The molecule has 0 aliphatic carbocycles. The van der Waals surface area contributed by atoms with Gasteiger partial charge in [0.15, 0.2) is 0 Å². The minimum atomic E-state index is -0.217. The van der Waals surface area contributed by atoms with Gasteiger partial charge in [0.1, 0.15) is 6.61 Å². The smallest absolute Gasteiger partial charge is 0.302 e. The van der Waals surface area contributed by atoms with Crippen molar-refractivity contribution in [1.29, 1.82) is 0 Å². The second-order valence-corrected chi connectivity index (χ2v) is 4.06. The van der Waals surface area contributed by atoms with E-state index in [-0.39, 0.29) is 5.97 Å². The van der Waals surface area contributed by atoms with Crippen LogP contribution in [0.4, 0.5) is 0 Å². The first kappa shape index (κ1) is 15.2. The third kappa shape index (κ3) is 11.2. The van der Waals surface area contributed by atoms with Gasteiger partial charge in [0.2, 0.25) is 0 Å². The molecule has 0 aromatic rings. The van der Waals surface area contributed by atoms with Gasteiger partial charge in [-0.1, -0.05) is 18.9 Å². The lowest BCUT2D eigenvalue weighted by molar-refractivity contribution is -0.139. The van der Waals surface area contributed by atoms with Gasteiger partial charge in [-0.3, -0.25) is 4.79 Å². The zero-order chi connectivity index (χ0) is 12.2. The summed E-state index contributed by atoms with van der Waals surface area (Å²) in [4.78, 5) is 10.5. The van der Waals surface area contributed by atoms with Crippen LogP contribution in [0.5, 0.6) is 0 Å². The number of hydrogen-bond acceptors (Lipinski definition) is 3. The Labute approximate surface area is 99.3 Å². The quantitative estimate of drug-likeness (QED) is 0.374. The maximum absolute atomic E-state index is 10.5. The third-order valence-corrected chi connectivity index (χ3v) is 2.35. The van der Waals surface area contributed by atoms with Crippen molar-refractivity contribution in [3.8, 4) is 0 Å². The van der Waals surface area contributed by atoms with Gasteiger partial charge in [-0.05, 0) is 45.4 Å². The Balaban J connectivity index is 3.35. The number of nitrogens with one attached hydrogen (secondary N) is 1. The molecule has 0 aliphatic rings. The lowest BCUT2D eigenvalue weighted by Crippen LogP contribution is -2.16. The fourth-order valence-corrected chi connectivity index (χ4v) is 1.32. The number of ether oxygens (including phenoxy) is 1. The van der Waals surface area contributed by atoms with Gasteiger partial charge in [-0.2, -0.15) is 0 Å². The summed E-state index contributed by atoms with van der Waals surface area (Å²) >= 11 is 0. The van der Waals surface area contributed by atoms with Crippen LogP contribution in [-0.4, -0.2) is 25.7 Å². The van der Waals surface area contributed by atoms with Crippen molar-refractivity contribution >= 4 is 5.97 Å². The van der Waals surface area contributed by atoms with Gasteiger partial charge in [0.25, 0.3) is 0 Å². The lowest BCUT2D eigenvalue weighted by atomic mass is 10.1. The molecule has 0 aromatic carbocycles. The van der Waals surface area contributed by atoms with Gasteiger partial charge in [0.05, 0.1) is 0 Å². The topological polar surface area (TPSA) is 38.3 Å². The Morgan fingerprint density at radius 2 is 1.94 bits per heavy atom. The van der Waals surface area contributed by atoms with E-state index in [0.717, 1.165) is 25.9 Å². The van der Waals surface area contributed by atoms with Crippen molar-refractivity contribution < 1.29 is 9.53 Å². The largest absolute Gasteiger partial charge is 0.462 e. The molecule has 16 heavy (non-hydrogen) atoms. The molecule has 0 fully saturated rings. The van der Waals surface area contributed by atoms with Crippen molar-refractivity contribution in [3.63, 3.8) is 0 Å². The molecule has 0 radical (unpaired) electrons. The van der Waals surface area contributed by atoms with Crippen molar-refractivity contribution in [1.82, 2.24) is 5.32 Å². The Bertz CT molecular complexity index is 212. The van der Waals surface area contributed by atoms with E-state index in [0.29, 0.717) is 6.61 Å². The molecule has 0 saturated carbocycles. The van der Waals surface area contributed by atoms with Gasteiger partial charge >= 0.3 is 5.97 Å². The van der Waals surface area contributed by atoms with Crippen molar-refractivity contribution in [3.05, 3.63) is 11.6 Å². The van der Waals surface area contributed by atoms with Gasteiger partial charge in [-0.15, -0.1) is 0 Å². The van der Waals surface area contributed by atoms with Crippen LogP contribution < -0.4 is 5.32 Å². The summed E-state index contributed by atoms with van der Waals surface area (Å²) in [5.41, 5.74) is 1.29. The Morgan fingerprint density at radius 1 is 1.25 bits per heavy atom. The maximum Gasteiger partial charge on any atom is 0.302 e. The van der Waals surface area contributed by atoms with Crippen molar-refractivity contribution in [2.24, 2.45) is 0 Å². The van der Waals surface area contributed by atoms with E-state index in [1.807, 2.05) is 6.08 Å². The molecule has 0 spiro atoms. The highest BCUT2D eigenvalue weighted by Gasteiger charge is 1.93. The average molecular weight is 227 g/mol. The summed E-state index contributed by atoms with van der Waals surface area (Å²) in [6.07, 6.45) is 6.69. The first-order valence-corrected chi connectivity index (χ1v) is 6.16. The first-order chi connectivity index (χ1) is 7.66. The monoisotopic (exact) mass is 227 g/mol. The molecule has 0 saturated heterocycles. The fraction of sp³-hybridized carbons (Fsp3) is 0.769. The maximum atomic E-state index is 10.5. The van der Waals surface area contributed by atoms with E-state index in [1.54, 1.807) is 0 Å². The Kier molecular flexibility index (Phi) is 10.1. The van der Waals surface area contributed by atoms with E-state index in [2.05, 4.69) is 19.2 Å². The van der Waals surface area contributed by atoms with E-state index in [9.17, 15) is 4.79 Å². The number of carbonyl (C=O) groups is 1. The molecule has 3 heteroatoms. The minimum Gasteiger partial charge on any atom is -0.462 e. The van der Waals surface area contributed by atoms with Crippen LogP contribution in [0.1, 0.15) is 46.5 Å². The number of allylic oxidation sites excluding steroid dienone is 1. The van der Waals surface area contributed by atoms with Gasteiger partial charge in [0, 0.05) is 6.92 Å². The van der Waals surface area contributed by atoms with Crippen LogP contribution >= 0.6 is 0 Å². The Hall–Kier alpha value is -0.830. The van der Waals surface area contributed by atoms with Crippen LogP contribution in [0.3, 0.4) is 0 Å². The summed E-state index contributed by atoms with van der Waals surface area (Å²) in [5.74, 6) is -0.217. The molecule has 3 nitrogen and oxygen atoms in total. The number of esters is 1. The highest BCUT2D eigenvalue weighted by Crippen LogP contribution is 2.02. The molecule has 0 atom stereocenters. The first-order valence-electron chi connectivity index (χ1n) is 6.16. The zero-order valence-corrected chi connectivity index (χ0v) is 10.8. The highest BCUT2D eigenvalue weighted by atomic mass is 16.5. The number of unbranched alkanes of at least 4 members (excludes halogenated alkanes) is 1. The normalized spacial score (nSPS) is 11.6. The molecule has 0 amide bonds. The standard InChI is InChI=1S/C13H25NO2/c1-4-5-9-14-10-6-7-12(2)8-11-16-13(3)15/h8,14H,4-7,9-11H2,1-3H3/b12-8+. The molecule has 0 aromatic heterocycles. The number of hydrogen-bond donors (Lipinski definition) is 1. The van der Waals surface area contributed by atoms with Crippen LogP contribution in [0.15, 0.2) is 11.6 Å². The third-order valence-electron chi connectivity index (χ3n) is 2.35. The minimum absolute atomic E-state index is 0.217. The molecule has 0 heterocycles. The fourth-order valence-electron chi connectivity index (χ4n) is 1.32. The predicted octanol–water partition coefficient (Wildman–Crippen LogP) is 2.67. The second kappa shape index (κ2) is 10.7. The number of rotatable bonds is 9. The van der Waals surface area contributed by atoms with Crippen LogP contribution in [0.25, 0.3) is 0 Å². The molecule has 0 rings (SSSR count). The SMILES string of the molecule is CCCCNCCC/C(C)=C/COC(C)=O. The second-order valence-electron chi connectivity index (χ2n) is 4.06. The van der Waals surface area contributed by atoms with Gasteiger partial charge in [-0.25, -0.2) is 0 Å². The van der Waals surface area contributed by atoms with Crippen LogP contribution in [0.2, 0.25) is 0 Å².